The van der Waals surface area contributed by atoms with E-state index >= 15 is 0 Å². The molecular formula is C7H13N3S. The molecule has 0 aliphatic heterocycles. The number of nitrogens with zero attached hydrogens (tertiary/aromatic N) is 3. The van der Waals surface area contributed by atoms with E-state index in [1.807, 2.05) is 17.9 Å². The third-order valence-corrected chi connectivity index (χ3v) is 1.99. The molecule has 0 unspecified atom stereocenters. The Hall–Kier alpha value is -0.510. The van der Waals surface area contributed by atoms with E-state index in [0.29, 0.717) is 6.04 Å². The van der Waals surface area contributed by atoms with Crippen LogP contribution in [0, 0.1) is 6.92 Å². The molecule has 1 aromatic rings. The molecular weight excluding hydrogens is 158 g/mol. The van der Waals surface area contributed by atoms with Crippen LogP contribution in [0.5, 0.6) is 0 Å². The number of hydrogen-bond acceptors (Lipinski definition) is 3. The predicted molar refractivity (Wildman–Crippen MR) is 46.9 cm³/mol. The summed E-state index contributed by atoms with van der Waals surface area (Å²) in [6, 6.07) is 0.406. The summed E-state index contributed by atoms with van der Waals surface area (Å²) in [4.78, 5) is 4.27. The average Bonchev–Trinajstić information content (AvgIpc) is 2.30. The zero-order chi connectivity index (χ0) is 8.43. The summed E-state index contributed by atoms with van der Waals surface area (Å²) in [5.41, 5.74) is 0. The fourth-order valence-electron chi connectivity index (χ4n) is 0.952. The first-order chi connectivity index (χ1) is 5.15. The minimum atomic E-state index is 0.406. The Kier molecular flexibility index (Phi) is 2.54. The second-order valence-electron chi connectivity index (χ2n) is 2.68. The van der Waals surface area contributed by atoms with E-state index in [1.165, 1.54) is 0 Å². The summed E-state index contributed by atoms with van der Waals surface area (Å²) < 4.78 is 1.94. The van der Waals surface area contributed by atoms with Gasteiger partial charge in [0, 0.05) is 6.04 Å². The second-order valence-corrected chi connectivity index (χ2v) is 3.46. The van der Waals surface area contributed by atoms with Gasteiger partial charge in [-0.05, 0) is 27.0 Å². The molecule has 4 heteroatoms. The van der Waals surface area contributed by atoms with Gasteiger partial charge in [-0.1, -0.05) is 11.8 Å². The molecule has 0 amide bonds. The molecule has 1 heterocycles. The first kappa shape index (κ1) is 8.59. The molecule has 0 saturated carbocycles. The largest absolute Gasteiger partial charge is 0.247 e. The smallest absolute Gasteiger partial charge is 0.208 e. The maximum atomic E-state index is 4.30. The number of hydrogen-bond donors (Lipinski definition) is 0. The molecule has 0 aliphatic carbocycles. The highest BCUT2D eigenvalue weighted by molar-refractivity contribution is 7.98. The summed E-state index contributed by atoms with van der Waals surface area (Å²) >= 11 is 1.58. The molecule has 1 rings (SSSR count). The third-order valence-electron chi connectivity index (χ3n) is 1.45. The Morgan fingerprint density at radius 2 is 2.09 bits per heavy atom. The standard InChI is InChI=1S/C7H13N3S/c1-5(2)10-6(3)8-7(9-10)11-4/h5H,1-4H3. The van der Waals surface area contributed by atoms with Crippen molar-refractivity contribution in [3.8, 4) is 0 Å². The van der Waals surface area contributed by atoms with Crippen LogP contribution in [0.3, 0.4) is 0 Å². The minimum Gasteiger partial charge on any atom is -0.247 e. The van der Waals surface area contributed by atoms with Crippen LogP contribution in [0.25, 0.3) is 0 Å². The highest BCUT2D eigenvalue weighted by atomic mass is 32.2. The van der Waals surface area contributed by atoms with Crippen LogP contribution < -0.4 is 0 Å². The van der Waals surface area contributed by atoms with Crippen LogP contribution in [0.15, 0.2) is 5.16 Å². The van der Waals surface area contributed by atoms with E-state index in [-0.39, 0.29) is 0 Å². The van der Waals surface area contributed by atoms with Gasteiger partial charge in [0.15, 0.2) is 0 Å². The van der Waals surface area contributed by atoms with Crippen molar-refractivity contribution in [2.24, 2.45) is 0 Å². The van der Waals surface area contributed by atoms with E-state index in [4.69, 9.17) is 0 Å². The molecule has 0 bridgehead atoms. The van der Waals surface area contributed by atoms with Gasteiger partial charge in [0.2, 0.25) is 5.16 Å². The van der Waals surface area contributed by atoms with Crippen LogP contribution >= 0.6 is 11.8 Å². The van der Waals surface area contributed by atoms with Crippen molar-refractivity contribution in [3.05, 3.63) is 5.82 Å². The highest BCUT2D eigenvalue weighted by Crippen LogP contribution is 2.12. The van der Waals surface area contributed by atoms with Gasteiger partial charge in [0.05, 0.1) is 0 Å². The molecule has 11 heavy (non-hydrogen) atoms. The fourth-order valence-corrected chi connectivity index (χ4v) is 1.35. The van der Waals surface area contributed by atoms with Crippen LogP contribution in [0.1, 0.15) is 25.7 Å². The van der Waals surface area contributed by atoms with E-state index < -0.39 is 0 Å². The minimum absolute atomic E-state index is 0.406. The van der Waals surface area contributed by atoms with Gasteiger partial charge in [-0.2, -0.15) is 0 Å². The summed E-state index contributed by atoms with van der Waals surface area (Å²) in [6.45, 7) is 6.18. The monoisotopic (exact) mass is 171 g/mol. The molecule has 0 spiro atoms. The van der Waals surface area contributed by atoms with Crippen molar-refractivity contribution in [2.75, 3.05) is 6.26 Å². The Bertz CT molecular complexity index is 242. The van der Waals surface area contributed by atoms with Crippen LogP contribution in [-0.2, 0) is 0 Å². The number of aryl methyl sites for hydroxylation is 1. The van der Waals surface area contributed by atoms with Crippen LogP contribution in [0.2, 0.25) is 0 Å². The van der Waals surface area contributed by atoms with E-state index in [9.17, 15) is 0 Å². The van der Waals surface area contributed by atoms with Gasteiger partial charge in [-0.25, -0.2) is 9.67 Å². The van der Waals surface area contributed by atoms with Crippen LogP contribution in [0.4, 0.5) is 0 Å². The molecule has 0 radical (unpaired) electrons. The predicted octanol–water partition coefficient (Wildman–Crippen LogP) is 1.89. The van der Waals surface area contributed by atoms with Crippen molar-refractivity contribution in [1.29, 1.82) is 0 Å². The van der Waals surface area contributed by atoms with E-state index in [2.05, 4.69) is 23.9 Å². The number of thioether (sulfide) groups is 1. The second kappa shape index (κ2) is 3.26. The Morgan fingerprint density at radius 1 is 1.45 bits per heavy atom. The molecule has 0 fully saturated rings. The molecule has 0 aliphatic rings. The zero-order valence-corrected chi connectivity index (χ0v) is 8.14. The molecule has 0 aromatic carbocycles. The molecule has 0 atom stereocenters. The van der Waals surface area contributed by atoms with Crippen LogP contribution in [-0.4, -0.2) is 21.0 Å². The van der Waals surface area contributed by atoms with Gasteiger partial charge in [-0.3, -0.25) is 0 Å². The number of rotatable bonds is 2. The van der Waals surface area contributed by atoms with Crippen molar-refractivity contribution in [1.82, 2.24) is 14.8 Å². The maximum absolute atomic E-state index is 4.30. The lowest BCUT2D eigenvalue weighted by Gasteiger charge is -2.04. The first-order valence-electron chi connectivity index (χ1n) is 3.62. The SMILES string of the molecule is CSc1nc(C)n(C(C)C)n1. The molecule has 62 valence electrons. The fraction of sp³-hybridized carbons (Fsp3) is 0.714. The lowest BCUT2D eigenvalue weighted by atomic mass is 10.4. The molecule has 1 aromatic heterocycles. The summed E-state index contributed by atoms with van der Waals surface area (Å²) in [5.74, 6) is 0.990. The number of aromatic nitrogens is 3. The van der Waals surface area contributed by atoms with Gasteiger partial charge >= 0.3 is 0 Å². The van der Waals surface area contributed by atoms with Gasteiger partial charge < -0.3 is 0 Å². The quantitative estimate of drug-likeness (QED) is 0.637. The maximum Gasteiger partial charge on any atom is 0.208 e. The van der Waals surface area contributed by atoms with E-state index in [0.717, 1.165) is 11.0 Å². The van der Waals surface area contributed by atoms with Gasteiger partial charge in [0.25, 0.3) is 0 Å². The Morgan fingerprint density at radius 3 is 2.36 bits per heavy atom. The highest BCUT2D eigenvalue weighted by Gasteiger charge is 2.06. The van der Waals surface area contributed by atoms with Crippen molar-refractivity contribution in [3.63, 3.8) is 0 Å². The lowest BCUT2D eigenvalue weighted by Crippen LogP contribution is -2.04. The zero-order valence-electron chi connectivity index (χ0n) is 7.33. The van der Waals surface area contributed by atoms with E-state index in [1.54, 1.807) is 11.8 Å². The molecule has 0 saturated heterocycles. The summed E-state index contributed by atoms with van der Waals surface area (Å²) in [5, 5.41) is 5.15. The average molecular weight is 171 g/mol. The van der Waals surface area contributed by atoms with Crippen molar-refractivity contribution >= 4 is 11.8 Å². The third kappa shape index (κ3) is 1.74. The Labute approximate surface area is 71.2 Å². The lowest BCUT2D eigenvalue weighted by molar-refractivity contribution is 0.509. The van der Waals surface area contributed by atoms with Gasteiger partial charge in [-0.15, -0.1) is 5.10 Å². The van der Waals surface area contributed by atoms with Crippen molar-refractivity contribution in [2.45, 2.75) is 32.0 Å². The first-order valence-corrected chi connectivity index (χ1v) is 4.84. The normalized spacial score (nSPS) is 11.0. The molecule has 3 nitrogen and oxygen atoms in total. The summed E-state index contributed by atoms with van der Waals surface area (Å²) in [6.07, 6.45) is 1.99. The Balaban J connectivity index is 2.97. The van der Waals surface area contributed by atoms with Crippen molar-refractivity contribution < 1.29 is 0 Å². The summed E-state index contributed by atoms with van der Waals surface area (Å²) in [7, 11) is 0. The van der Waals surface area contributed by atoms with Gasteiger partial charge in [0.1, 0.15) is 5.82 Å². The molecule has 0 N–H and O–H groups in total. The topological polar surface area (TPSA) is 30.7 Å².